The molecule has 5 heteroatoms. The summed E-state index contributed by atoms with van der Waals surface area (Å²) >= 11 is 1.73. The van der Waals surface area contributed by atoms with E-state index in [-0.39, 0.29) is 0 Å². The molecule has 1 atom stereocenters. The molecule has 1 saturated carbocycles. The minimum absolute atomic E-state index is 0.847. The Labute approximate surface area is 169 Å². The van der Waals surface area contributed by atoms with E-state index in [4.69, 9.17) is 0 Å². The first-order chi connectivity index (χ1) is 13.4. The van der Waals surface area contributed by atoms with Gasteiger partial charge in [0.15, 0.2) is 0 Å². The van der Waals surface area contributed by atoms with Crippen molar-refractivity contribution in [2.75, 3.05) is 45.8 Å². The zero-order valence-corrected chi connectivity index (χ0v) is 17.8. The van der Waals surface area contributed by atoms with Crippen molar-refractivity contribution in [2.45, 2.75) is 70.4 Å². The minimum Gasteiger partial charge on any atom is -0.302 e. The molecule has 3 heterocycles. The second kappa shape index (κ2) is 10.3. The third-order valence-electron chi connectivity index (χ3n) is 6.96. The predicted octanol–water partition coefficient (Wildman–Crippen LogP) is 4.09. The summed E-state index contributed by atoms with van der Waals surface area (Å²) in [6, 6.07) is 0.896. The maximum Gasteiger partial charge on any atom is 0.0795 e. The van der Waals surface area contributed by atoms with Crippen LogP contribution in [0.5, 0.6) is 0 Å². The van der Waals surface area contributed by atoms with Gasteiger partial charge in [-0.2, -0.15) is 0 Å². The SMILES string of the molecule is c1nc(CN(CCN2CCCCC2)C[C@H]2CCCN(C3CCCC3)C2)cs1. The van der Waals surface area contributed by atoms with E-state index in [0.29, 0.717) is 0 Å². The molecule has 2 saturated heterocycles. The van der Waals surface area contributed by atoms with Crippen LogP contribution >= 0.6 is 11.3 Å². The first-order valence-electron chi connectivity index (χ1n) is 11.4. The van der Waals surface area contributed by atoms with Gasteiger partial charge in [0.05, 0.1) is 11.2 Å². The van der Waals surface area contributed by atoms with E-state index in [2.05, 4.69) is 25.1 Å². The van der Waals surface area contributed by atoms with Crippen LogP contribution in [-0.4, -0.2) is 71.5 Å². The summed E-state index contributed by atoms with van der Waals surface area (Å²) in [5.41, 5.74) is 3.25. The Morgan fingerprint density at radius 2 is 1.85 bits per heavy atom. The molecule has 0 spiro atoms. The van der Waals surface area contributed by atoms with Crippen LogP contribution in [-0.2, 0) is 6.54 Å². The number of nitrogens with zero attached hydrogens (tertiary/aromatic N) is 4. The van der Waals surface area contributed by atoms with E-state index in [0.717, 1.165) is 18.5 Å². The van der Waals surface area contributed by atoms with Crippen LogP contribution in [0.3, 0.4) is 0 Å². The van der Waals surface area contributed by atoms with Gasteiger partial charge in [0.2, 0.25) is 0 Å². The molecule has 2 aliphatic heterocycles. The van der Waals surface area contributed by atoms with Crippen LogP contribution in [0.4, 0.5) is 0 Å². The van der Waals surface area contributed by atoms with Gasteiger partial charge in [-0.15, -0.1) is 11.3 Å². The zero-order valence-electron chi connectivity index (χ0n) is 17.0. The van der Waals surface area contributed by atoms with E-state index in [1.54, 1.807) is 11.3 Å². The van der Waals surface area contributed by atoms with Crippen molar-refractivity contribution in [3.63, 3.8) is 0 Å². The van der Waals surface area contributed by atoms with Crippen LogP contribution < -0.4 is 0 Å². The highest BCUT2D eigenvalue weighted by molar-refractivity contribution is 7.07. The molecule has 4 nitrogen and oxygen atoms in total. The Hall–Kier alpha value is -0.490. The highest BCUT2D eigenvalue weighted by atomic mass is 32.1. The smallest absolute Gasteiger partial charge is 0.0795 e. The van der Waals surface area contributed by atoms with Crippen molar-refractivity contribution in [3.05, 3.63) is 16.6 Å². The predicted molar refractivity (Wildman–Crippen MR) is 114 cm³/mol. The molecule has 1 aliphatic carbocycles. The fourth-order valence-electron chi connectivity index (χ4n) is 5.46. The normalized spacial score (nSPS) is 26.2. The highest BCUT2D eigenvalue weighted by Gasteiger charge is 2.29. The molecular formula is C22H38N4S. The first-order valence-corrected chi connectivity index (χ1v) is 12.4. The van der Waals surface area contributed by atoms with Crippen molar-refractivity contribution >= 4 is 11.3 Å². The molecule has 0 radical (unpaired) electrons. The van der Waals surface area contributed by atoms with Crippen molar-refractivity contribution in [1.29, 1.82) is 0 Å². The molecule has 0 unspecified atom stereocenters. The van der Waals surface area contributed by atoms with Gasteiger partial charge in [-0.3, -0.25) is 4.90 Å². The Morgan fingerprint density at radius 3 is 2.63 bits per heavy atom. The summed E-state index contributed by atoms with van der Waals surface area (Å²) in [7, 11) is 0. The van der Waals surface area contributed by atoms with Crippen molar-refractivity contribution in [3.8, 4) is 0 Å². The Morgan fingerprint density at radius 1 is 1.00 bits per heavy atom. The van der Waals surface area contributed by atoms with E-state index in [1.807, 2.05) is 5.51 Å². The molecule has 0 bridgehead atoms. The molecular weight excluding hydrogens is 352 g/mol. The number of piperidine rings is 2. The standard InChI is InChI=1S/C22H38N4S/c1-4-10-24(11-5-1)13-14-25(17-21-18-27-19-23-21)15-20-7-6-12-26(16-20)22-8-2-3-9-22/h18-20,22H,1-17H2/t20-/m1/s1. The Balaban J connectivity index is 1.31. The van der Waals surface area contributed by atoms with Gasteiger partial charge in [-0.25, -0.2) is 4.98 Å². The van der Waals surface area contributed by atoms with Crippen LogP contribution in [0.25, 0.3) is 0 Å². The quantitative estimate of drug-likeness (QED) is 0.667. The maximum absolute atomic E-state index is 4.57. The number of likely N-dealkylation sites (tertiary alicyclic amines) is 2. The highest BCUT2D eigenvalue weighted by Crippen LogP contribution is 2.28. The van der Waals surface area contributed by atoms with E-state index in [9.17, 15) is 0 Å². The topological polar surface area (TPSA) is 22.6 Å². The lowest BCUT2D eigenvalue weighted by Gasteiger charge is -2.39. The summed E-state index contributed by atoms with van der Waals surface area (Å²) in [6.07, 6.45) is 12.8. The summed E-state index contributed by atoms with van der Waals surface area (Å²) in [6.45, 7) is 10.0. The number of rotatable bonds is 8. The molecule has 0 aromatic carbocycles. The average Bonchev–Trinajstić information content (AvgIpc) is 3.41. The van der Waals surface area contributed by atoms with Crippen molar-refractivity contribution in [2.24, 2.45) is 5.92 Å². The number of hydrogen-bond donors (Lipinski definition) is 0. The summed E-state index contributed by atoms with van der Waals surface area (Å²) in [5.74, 6) is 0.847. The number of hydrogen-bond acceptors (Lipinski definition) is 5. The Kier molecular flexibility index (Phi) is 7.58. The van der Waals surface area contributed by atoms with Crippen LogP contribution in [0.1, 0.15) is 63.5 Å². The lowest BCUT2D eigenvalue weighted by atomic mass is 9.95. The van der Waals surface area contributed by atoms with E-state index >= 15 is 0 Å². The molecule has 3 fully saturated rings. The van der Waals surface area contributed by atoms with Crippen molar-refractivity contribution < 1.29 is 0 Å². The third kappa shape index (κ3) is 5.99. The molecule has 1 aromatic heterocycles. The molecule has 0 amide bonds. The van der Waals surface area contributed by atoms with Gasteiger partial charge in [0, 0.05) is 44.1 Å². The summed E-state index contributed by atoms with van der Waals surface area (Å²) in [5, 5.41) is 2.24. The average molecular weight is 391 g/mol. The second-order valence-electron chi connectivity index (χ2n) is 9.06. The van der Waals surface area contributed by atoms with Gasteiger partial charge >= 0.3 is 0 Å². The number of thiazole rings is 1. The van der Waals surface area contributed by atoms with E-state index < -0.39 is 0 Å². The molecule has 1 aromatic rings. The minimum atomic E-state index is 0.847. The third-order valence-corrected chi connectivity index (χ3v) is 7.59. The van der Waals surface area contributed by atoms with Gasteiger partial charge < -0.3 is 9.80 Å². The van der Waals surface area contributed by atoms with Gasteiger partial charge in [-0.05, 0) is 64.1 Å². The Bertz CT molecular complexity index is 522. The fourth-order valence-corrected chi connectivity index (χ4v) is 6.01. The van der Waals surface area contributed by atoms with Gasteiger partial charge in [0.25, 0.3) is 0 Å². The molecule has 4 rings (SSSR count). The van der Waals surface area contributed by atoms with Gasteiger partial charge in [-0.1, -0.05) is 19.3 Å². The summed E-state index contributed by atoms with van der Waals surface area (Å²) in [4.78, 5) is 12.8. The molecule has 152 valence electrons. The van der Waals surface area contributed by atoms with Crippen LogP contribution in [0.15, 0.2) is 10.9 Å². The largest absolute Gasteiger partial charge is 0.302 e. The van der Waals surface area contributed by atoms with Gasteiger partial charge in [0.1, 0.15) is 0 Å². The number of aromatic nitrogens is 1. The summed E-state index contributed by atoms with van der Waals surface area (Å²) < 4.78 is 0. The maximum atomic E-state index is 4.57. The molecule has 3 aliphatic rings. The van der Waals surface area contributed by atoms with Crippen molar-refractivity contribution in [1.82, 2.24) is 19.7 Å². The van der Waals surface area contributed by atoms with Crippen LogP contribution in [0, 0.1) is 5.92 Å². The lowest BCUT2D eigenvalue weighted by molar-refractivity contribution is 0.0909. The first kappa shape index (κ1) is 19.8. The zero-order chi connectivity index (χ0) is 18.3. The molecule has 0 N–H and O–H groups in total. The fraction of sp³-hybridized carbons (Fsp3) is 0.864. The van der Waals surface area contributed by atoms with Crippen LogP contribution in [0.2, 0.25) is 0 Å². The monoisotopic (exact) mass is 390 g/mol. The lowest BCUT2D eigenvalue weighted by Crippen LogP contribution is -2.46. The molecule has 27 heavy (non-hydrogen) atoms. The van der Waals surface area contributed by atoms with E-state index in [1.165, 1.54) is 109 Å². The second-order valence-corrected chi connectivity index (χ2v) is 9.78.